The largest absolute Gasteiger partial charge is 0.398 e. The lowest BCUT2D eigenvalue weighted by Crippen LogP contribution is -2.14. The second-order valence-electron chi connectivity index (χ2n) is 4.35. The molecule has 3 N–H and O–H groups in total. The number of aryl methyl sites for hydroxylation is 1. The normalized spacial score (nSPS) is 10.7. The van der Waals surface area contributed by atoms with E-state index in [1.165, 1.54) is 11.3 Å². The molecule has 0 atom stereocenters. The summed E-state index contributed by atoms with van der Waals surface area (Å²) in [7, 11) is 0. The molecular weight excluding hydrogens is 272 g/mol. The van der Waals surface area contributed by atoms with Gasteiger partial charge in [-0.2, -0.15) is 0 Å². The molecule has 3 aromatic rings. The van der Waals surface area contributed by atoms with E-state index in [1.807, 2.05) is 31.2 Å². The Morgan fingerprint density at radius 3 is 2.95 bits per heavy atom. The molecule has 0 aliphatic carbocycles. The minimum Gasteiger partial charge on any atom is -0.398 e. The number of hydrogen-bond donors (Lipinski definition) is 2. The molecule has 3 rings (SSSR count). The summed E-state index contributed by atoms with van der Waals surface area (Å²) in [5, 5.41) is 6.67. The van der Waals surface area contributed by atoms with Gasteiger partial charge in [-0.05, 0) is 19.1 Å². The molecule has 2 heterocycles. The highest BCUT2D eigenvalue weighted by Gasteiger charge is 2.15. The van der Waals surface area contributed by atoms with Gasteiger partial charge in [-0.15, -0.1) is 11.3 Å². The summed E-state index contributed by atoms with van der Waals surface area (Å²) < 4.78 is 0. The van der Waals surface area contributed by atoms with Gasteiger partial charge in [0.1, 0.15) is 5.69 Å². The van der Waals surface area contributed by atoms with Crippen LogP contribution in [0.25, 0.3) is 10.8 Å². The summed E-state index contributed by atoms with van der Waals surface area (Å²) in [4.78, 5) is 20.7. The average molecular weight is 284 g/mol. The number of thiazole rings is 1. The summed E-state index contributed by atoms with van der Waals surface area (Å²) >= 11 is 1.36. The molecule has 1 amide bonds. The number of carbonyl (C=O) groups excluding carboxylic acids is 1. The number of hydrogen-bond acceptors (Lipinski definition) is 5. The van der Waals surface area contributed by atoms with Crippen LogP contribution in [0.1, 0.15) is 16.2 Å². The van der Waals surface area contributed by atoms with Crippen molar-refractivity contribution in [3.63, 3.8) is 0 Å². The molecule has 20 heavy (non-hydrogen) atoms. The first-order chi connectivity index (χ1) is 9.65. The molecule has 0 fully saturated rings. The maximum Gasteiger partial charge on any atom is 0.276 e. The topological polar surface area (TPSA) is 80.9 Å². The van der Waals surface area contributed by atoms with Gasteiger partial charge in [0, 0.05) is 33.7 Å². The number of nitrogen functional groups attached to an aromatic ring is 1. The van der Waals surface area contributed by atoms with Gasteiger partial charge in [-0.3, -0.25) is 10.1 Å². The predicted octanol–water partition coefficient (Wildman–Crippen LogP) is 2.83. The summed E-state index contributed by atoms with van der Waals surface area (Å²) in [5.41, 5.74) is 7.71. The maximum absolute atomic E-state index is 12.3. The van der Waals surface area contributed by atoms with E-state index in [1.54, 1.807) is 11.6 Å². The van der Waals surface area contributed by atoms with Crippen molar-refractivity contribution in [2.45, 2.75) is 6.92 Å². The fraction of sp³-hybridized carbons (Fsp3) is 0.0714. The highest BCUT2D eigenvalue weighted by Crippen LogP contribution is 2.24. The number of nitrogens with two attached hydrogens (primary N) is 1. The molecule has 0 spiro atoms. The first-order valence-electron chi connectivity index (χ1n) is 6.02. The number of aromatic nitrogens is 2. The Bertz CT molecular complexity index is 783. The number of amides is 1. The van der Waals surface area contributed by atoms with Crippen LogP contribution in [0.3, 0.4) is 0 Å². The van der Waals surface area contributed by atoms with Crippen LogP contribution in [-0.2, 0) is 0 Å². The van der Waals surface area contributed by atoms with E-state index in [9.17, 15) is 4.79 Å². The number of anilines is 2. The Labute approximate surface area is 119 Å². The number of rotatable bonds is 2. The van der Waals surface area contributed by atoms with Crippen LogP contribution in [0.2, 0.25) is 0 Å². The Morgan fingerprint density at radius 2 is 2.20 bits per heavy atom. The maximum atomic E-state index is 12.3. The Kier molecular flexibility index (Phi) is 3.08. The van der Waals surface area contributed by atoms with Crippen LogP contribution in [-0.4, -0.2) is 15.9 Å². The van der Waals surface area contributed by atoms with Gasteiger partial charge in [-0.1, -0.05) is 12.1 Å². The SMILES string of the molecule is Cc1cc2c(N)cccc2c(C(=O)Nc2nccs2)n1. The van der Waals surface area contributed by atoms with Gasteiger partial charge < -0.3 is 5.73 Å². The molecule has 1 aromatic carbocycles. The van der Waals surface area contributed by atoms with Gasteiger partial charge in [0.15, 0.2) is 5.13 Å². The molecule has 0 saturated heterocycles. The zero-order valence-corrected chi connectivity index (χ0v) is 11.6. The van der Waals surface area contributed by atoms with Crippen molar-refractivity contribution in [2.24, 2.45) is 0 Å². The third-order valence-electron chi connectivity index (χ3n) is 2.90. The van der Waals surface area contributed by atoms with Crippen molar-refractivity contribution in [3.05, 3.63) is 47.2 Å². The van der Waals surface area contributed by atoms with E-state index in [2.05, 4.69) is 15.3 Å². The fourth-order valence-corrected chi connectivity index (χ4v) is 2.57. The van der Waals surface area contributed by atoms with Crippen LogP contribution in [0, 0.1) is 6.92 Å². The lowest BCUT2D eigenvalue weighted by Gasteiger charge is -2.08. The number of fused-ring (bicyclic) bond motifs is 1. The zero-order chi connectivity index (χ0) is 14.1. The Morgan fingerprint density at radius 1 is 1.35 bits per heavy atom. The monoisotopic (exact) mass is 284 g/mol. The van der Waals surface area contributed by atoms with E-state index in [0.717, 1.165) is 16.5 Å². The molecule has 0 aliphatic rings. The second kappa shape index (κ2) is 4.90. The average Bonchev–Trinajstić information content (AvgIpc) is 2.92. The van der Waals surface area contributed by atoms with Crippen LogP contribution >= 0.6 is 11.3 Å². The van der Waals surface area contributed by atoms with Crippen LogP contribution in [0.5, 0.6) is 0 Å². The van der Waals surface area contributed by atoms with Gasteiger partial charge >= 0.3 is 0 Å². The van der Waals surface area contributed by atoms with Crippen molar-refractivity contribution in [1.29, 1.82) is 0 Å². The predicted molar refractivity (Wildman–Crippen MR) is 81.0 cm³/mol. The molecule has 0 saturated carbocycles. The first kappa shape index (κ1) is 12.6. The van der Waals surface area contributed by atoms with Crippen molar-refractivity contribution < 1.29 is 4.79 Å². The quantitative estimate of drug-likeness (QED) is 0.709. The van der Waals surface area contributed by atoms with Gasteiger partial charge in [0.05, 0.1) is 0 Å². The van der Waals surface area contributed by atoms with Crippen LogP contribution in [0.4, 0.5) is 10.8 Å². The molecule has 0 bridgehead atoms. The van der Waals surface area contributed by atoms with E-state index < -0.39 is 0 Å². The third-order valence-corrected chi connectivity index (χ3v) is 3.59. The standard InChI is InChI=1S/C14H12N4OS/c1-8-7-10-9(3-2-4-11(10)15)12(17-8)13(19)18-14-16-5-6-20-14/h2-7H,15H2,1H3,(H,16,18,19). The summed E-state index contributed by atoms with van der Waals surface area (Å²) in [6.45, 7) is 1.84. The number of pyridine rings is 1. The second-order valence-corrected chi connectivity index (χ2v) is 5.24. The molecule has 2 aromatic heterocycles. The van der Waals surface area contributed by atoms with Gasteiger partial charge in [0.25, 0.3) is 5.91 Å². The fourth-order valence-electron chi connectivity index (χ4n) is 2.04. The molecule has 0 unspecified atom stereocenters. The van der Waals surface area contributed by atoms with E-state index >= 15 is 0 Å². The smallest absolute Gasteiger partial charge is 0.276 e. The highest BCUT2D eigenvalue weighted by molar-refractivity contribution is 7.13. The summed E-state index contributed by atoms with van der Waals surface area (Å²) in [6.07, 6.45) is 1.64. The minimum absolute atomic E-state index is 0.278. The lowest BCUT2D eigenvalue weighted by atomic mass is 10.1. The number of carbonyl (C=O) groups is 1. The van der Waals surface area contributed by atoms with Crippen molar-refractivity contribution in [3.8, 4) is 0 Å². The molecular formula is C14H12N4OS. The van der Waals surface area contributed by atoms with E-state index in [-0.39, 0.29) is 5.91 Å². The number of nitrogens with one attached hydrogen (secondary N) is 1. The highest BCUT2D eigenvalue weighted by atomic mass is 32.1. The summed E-state index contributed by atoms with van der Waals surface area (Å²) in [6, 6.07) is 7.35. The number of benzene rings is 1. The van der Waals surface area contributed by atoms with Gasteiger partial charge in [0.2, 0.25) is 0 Å². The van der Waals surface area contributed by atoms with Crippen LogP contribution in [0.15, 0.2) is 35.8 Å². The zero-order valence-electron chi connectivity index (χ0n) is 10.8. The van der Waals surface area contributed by atoms with E-state index in [4.69, 9.17) is 5.73 Å². The van der Waals surface area contributed by atoms with Gasteiger partial charge in [-0.25, -0.2) is 9.97 Å². The molecule has 0 aliphatic heterocycles. The minimum atomic E-state index is -0.278. The molecule has 0 radical (unpaired) electrons. The first-order valence-corrected chi connectivity index (χ1v) is 6.90. The molecule has 5 nitrogen and oxygen atoms in total. The molecule has 6 heteroatoms. The van der Waals surface area contributed by atoms with Crippen molar-refractivity contribution in [2.75, 3.05) is 11.1 Å². The Hall–Kier alpha value is -2.47. The number of nitrogens with zero attached hydrogens (tertiary/aromatic N) is 2. The lowest BCUT2D eigenvalue weighted by molar-refractivity contribution is 0.102. The molecule has 100 valence electrons. The summed E-state index contributed by atoms with van der Waals surface area (Å²) in [5.74, 6) is -0.278. The van der Waals surface area contributed by atoms with Crippen molar-refractivity contribution >= 4 is 38.8 Å². The third kappa shape index (κ3) is 2.21. The van der Waals surface area contributed by atoms with Crippen LogP contribution < -0.4 is 11.1 Å². The van der Waals surface area contributed by atoms with E-state index in [0.29, 0.717) is 16.5 Å². The Balaban J connectivity index is 2.11. The van der Waals surface area contributed by atoms with Crippen molar-refractivity contribution in [1.82, 2.24) is 9.97 Å².